The minimum Gasteiger partial charge on any atom is -0.466 e. The van der Waals surface area contributed by atoms with Crippen molar-refractivity contribution in [2.24, 2.45) is 5.92 Å². The van der Waals surface area contributed by atoms with Gasteiger partial charge in [0.05, 0.1) is 18.7 Å². The molecule has 1 atom stereocenters. The Kier molecular flexibility index (Phi) is 5.67. The van der Waals surface area contributed by atoms with E-state index in [4.69, 9.17) is 4.74 Å². The molecule has 0 bridgehead atoms. The lowest BCUT2D eigenvalue weighted by Crippen LogP contribution is -2.36. The molecule has 116 valence electrons. The first kappa shape index (κ1) is 15.9. The maximum Gasteiger partial charge on any atom is 0.308 e. The molecule has 1 N–H and O–H groups in total. The normalized spacial score (nSPS) is 23.6. The van der Waals surface area contributed by atoms with Gasteiger partial charge in [0, 0.05) is 18.3 Å². The summed E-state index contributed by atoms with van der Waals surface area (Å²) < 4.78 is 18.2. The van der Waals surface area contributed by atoms with Crippen molar-refractivity contribution in [2.75, 3.05) is 6.61 Å². The van der Waals surface area contributed by atoms with Gasteiger partial charge in [0.2, 0.25) is 0 Å². The molecule has 0 spiro atoms. The molecule has 1 aliphatic carbocycles. The van der Waals surface area contributed by atoms with Gasteiger partial charge in [-0.2, -0.15) is 0 Å². The molecule has 1 unspecified atom stereocenters. The molecule has 0 saturated heterocycles. The van der Waals surface area contributed by atoms with Crippen molar-refractivity contribution < 1.29 is 13.9 Å². The summed E-state index contributed by atoms with van der Waals surface area (Å²) in [5, 5.41) is 3.50. The number of ether oxygens (including phenoxy) is 1. The van der Waals surface area contributed by atoms with Crippen LogP contribution in [0.3, 0.4) is 0 Å². The lowest BCUT2D eigenvalue weighted by molar-refractivity contribution is -0.149. The van der Waals surface area contributed by atoms with Gasteiger partial charge in [-0.3, -0.25) is 9.78 Å². The molecule has 0 radical (unpaired) electrons. The third kappa shape index (κ3) is 4.49. The van der Waals surface area contributed by atoms with Crippen LogP contribution in [0.1, 0.15) is 51.1 Å². The second-order valence-electron chi connectivity index (χ2n) is 5.63. The predicted molar refractivity (Wildman–Crippen MR) is 78.1 cm³/mol. The van der Waals surface area contributed by atoms with Crippen LogP contribution in [0.5, 0.6) is 0 Å². The van der Waals surface area contributed by atoms with E-state index in [1.165, 1.54) is 12.3 Å². The molecule has 1 aliphatic rings. The highest BCUT2D eigenvalue weighted by Crippen LogP contribution is 2.27. The number of nitrogens with zero attached hydrogens (tertiary/aromatic N) is 1. The first-order chi connectivity index (χ1) is 10.1. The van der Waals surface area contributed by atoms with Crippen molar-refractivity contribution in [1.29, 1.82) is 0 Å². The average molecular weight is 294 g/mol. The van der Waals surface area contributed by atoms with E-state index in [-0.39, 0.29) is 23.7 Å². The molecule has 2 rings (SSSR count). The van der Waals surface area contributed by atoms with E-state index in [1.807, 2.05) is 13.8 Å². The zero-order chi connectivity index (χ0) is 15.2. The zero-order valence-electron chi connectivity index (χ0n) is 12.6. The first-order valence-electron chi connectivity index (χ1n) is 7.63. The summed E-state index contributed by atoms with van der Waals surface area (Å²) in [5.41, 5.74) is 0.850. The summed E-state index contributed by atoms with van der Waals surface area (Å²) in [6.07, 6.45) is 6.48. The number of esters is 1. The van der Waals surface area contributed by atoms with E-state index in [0.717, 1.165) is 31.2 Å². The monoisotopic (exact) mass is 294 g/mol. The summed E-state index contributed by atoms with van der Waals surface area (Å²) in [6.45, 7) is 4.29. The number of aromatic nitrogens is 1. The summed E-state index contributed by atoms with van der Waals surface area (Å²) >= 11 is 0. The second kappa shape index (κ2) is 7.50. The van der Waals surface area contributed by atoms with Crippen molar-refractivity contribution in [3.8, 4) is 0 Å². The summed E-state index contributed by atoms with van der Waals surface area (Å²) in [7, 11) is 0. The fourth-order valence-electron chi connectivity index (χ4n) is 2.87. The van der Waals surface area contributed by atoms with E-state index >= 15 is 0 Å². The number of rotatable bonds is 5. The fourth-order valence-corrected chi connectivity index (χ4v) is 2.87. The van der Waals surface area contributed by atoms with E-state index < -0.39 is 0 Å². The Morgan fingerprint density at radius 2 is 2.14 bits per heavy atom. The van der Waals surface area contributed by atoms with Crippen LogP contribution < -0.4 is 5.32 Å². The average Bonchev–Trinajstić information content (AvgIpc) is 2.48. The number of nitrogens with one attached hydrogen (secondary N) is 1. The Morgan fingerprint density at radius 3 is 2.76 bits per heavy atom. The maximum absolute atomic E-state index is 13.2. The standard InChI is InChI=1S/C16H23FN2O2/c1-3-21-16(20)12-4-6-15(7-5-12)19-11(2)13-8-14(17)10-18-9-13/h8-12,15,19H,3-7H2,1-2H3. The molecule has 1 aromatic rings. The van der Waals surface area contributed by atoms with Crippen LogP contribution in [0, 0.1) is 11.7 Å². The Balaban J connectivity index is 1.82. The fraction of sp³-hybridized carbons (Fsp3) is 0.625. The lowest BCUT2D eigenvalue weighted by Gasteiger charge is -2.30. The largest absolute Gasteiger partial charge is 0.466 e. The highest BCUT2D eigenvalue weighted by Gasteiger charge is 2.27. The predicted octanol–water partition coefficient (Wildman–Crippen LogP) is 2.99. The van der Waals surface area contributed by atoms with Gasteiger partial charge >= 0.3 is 5.97 Å². The minimum absolute atomic E-state index is 0.0362. The van der Waals surface area contributed by atoms with Gasteiger partial charge in [-0.1, -0.05) is 0 Å². The van der Waals surface area contributed by atoms with Gasteiger partial charge in [0.1, 0.15) is 5.82 Å². The highest BCUT2D eigenvalue weighted by molar-refractivity contribution is 5.72. The van der Waals surface area contributed by atoms with Crippen molar-refractivity contribution in [3.63, 3.8) is 0 Å². The van der Waals surface area contributed by atoms with Gasteiger partial charge in [-0.05, 0) is 51.2 Å². The molecule has 1 saturated carbocycles. The molecular weight excluding hydrogens is 271 g/mol. The molecule has 5 heteroatoms. The lowest BCUT2D eigenvalue weighted by atomic mass is 9.85. The zero-order valence-corrected chi connectivity index (χ0v) is 12.6. The SMILES string of the molecule is CCOC(=O)C1CCC(NC(C)c2cncc(F)c2)CC1. The van der Waals surface area contributed by atoms with Gasteiger partial charge in [-0.15, -0.1) is 0 Å². The van der Waals surface area contributed by atoms with Crippen LogP contribution in [0.2, 0.25) is 0 Å². The maximum atomic E-state index is 13.2. The Hall–Kier alpha value is -1.49. The molecule has 0 aromatic carbocycles. The summed E-state index contributed by atoms with van der Waals surface area (Å²) in [5.74, 6) is -0.348. The number of hydrogen-bond donors (Lipinski definition) is 1. The smallest absolute Gasteiger partial charge is 0.308 e. The van der Waals surface area contributed by atoms with E-state index in [2.05, 4.69) is 10.3 Å². The topological polar surface area (TPSA) is 51.2 Å². The molecule has 4 nitrogen and oxygen atoms in total. The first-order valence-corrected chi connectivity index (χ1v) is 7.63. The van der Waals surface area contributed by atoms with E-state index in [9.17, 15) is 9.18 Å². The number of hydrogen-bond acceptors (Lipinski definition) is 4. The van der Waals surface area contributed by atoms with Crippen molar-refractivity contribution in [2.45, 2.75) is 51.6 Å². The molecule has 1 heterocycles. The number of carbonyl (C=O) groups excluding carboxylic acids is 1. The van der Waals surface area contributed by atoms with Crippen LogP contribution in [0.4, 0.5) is 4.39 Å². The van der Waals surface area contributed by atoms with E-state index in [0.29, 0.717) is 12.6 Å². The third-order valence-corrected chi connectivity index (χ3v) is 4.06. The second-order valence-corrected chi connectivity index (χ2v) is 5.63. The molecular formula is C16H23FN2O2. The Bertz CT molecular complexity index is 473. The van der Waals surface area contributed by atoms with Crippen LogP contribution >= 0.6 is 0 Å². The summed E-state index contributed by atoms with van der Waals surface area (Å²) in [6, 6.07) is 1.92. The van der Waals surface area contributed by atoms with Crippen LogP contribution in [-0.2, 0) is 9.53 Å². The third-order valence-electron chi connectivity index (χ3n) is 4.06. The Labute approximate surface area is 125 Å². The molecule has 1 aromatic heterocycles. The number of pyridine rings is 1. The van der Waals surface area contributed by atoms with Gasteiger partial charge < -0.3 is 10.1 Å². The highest BCUT2D eigenvalue weighted by atomic mass is 19.1. The minimum atomic E-state index is -0.313. The van der Waals surface area contributed by atoms with Gasteiger partial charge in [-0.25, -0.2) is 4.39 Å². The summed E-state index contributed by atoms with van der Waals surface area (Å²) in [4.78, 5) is 15.6. The molecule has 0 amide bonds. The van der Waals surface area contributed by atoms with Crippen molar-refractivity contribution in [3.05, 3.63) is 29.8 Å². The quantitative estimate of drug-likeness (QED) is 0.848. The Morgan fingerprint density at radius 1 is 1.43 bits per heavy atom. The van der Waals surface area contributed by atoms with Gasteiger partial charge in [0.25, 0.3) is 0 Å². The van der Waals surface area contributed by atoms with Crippen molar-refractivity contribution in [1.82, 2.24) is 10.3 Å². The number of carbonyl (C=O) groups is 1. The molecule has 21 heavy (non-hydrogen) atoms. The number of halogens is 1. The van der Waals surface area contributed by atoms with Crippen LogP contribution in [0.25, 0.3) is 0 Å². The van der Waals surface area contributed by atoms with Crippen LogP contribution in [-0.4, -0.2) is 23.6 Å². The molecule has 0 aliphatic heterocycles. The van der Waals surface area contributed by atoms with Gasteiger partial charge in [0.15, 0.2) is 0 Å². The molecule has 1 fully saturated rings. The van der Waals surface area contributed by atoms with Crippen LogP contribution in [0.15, 0.2) is 18.5 Å². The van der Waals surface area contributed by atoms with Crippen molar-refractivity contribution >= 4 is 5.97 Å². The van der Waals surface area contributed by atoms with E-state index in [1.54, 1.807) is 6.20 Å².